The first-order valence-electron chi connectivity index (χ1n) is 6.85. The Labute approximate surface area is 132 Å². The molecule has 0 aliphatic carbocycles. The molecule has 2 fully saturated rings. The van der Waals surface area contributed by atoms with E-state index >= 15 is 0 Å². The summed E-state index contributed by atoms with van der Waals surface area (Å²) in [5.41, 5.74) is 6.79. The van der Waals surface area contributed by atoms with E-state index in [9.17, 15) is 4.89 Å². The molecule has 12 heteroatoms. The molecule has 0 amide bonds. The van der Waals surface area contributed by atoms with E-state index < -0.39 is 32.4 Å². The number of methoxy groups -OCH3 is 1. The summed E-state index contributed by atoms with van der Waals surface area (Å²) in [5.74, 6) is 0.278. The second-order valence-electron chi connectivity index (χ2n) is 5.28. The molecule has 2 radical (unpaired) electrons. The first kappa shape index (κ1) is 15.2. The molecule has 4 heterocycles. The fourth-order valence-corrected chi connectivity index (χ4v) is 3.91. The number of anilines is 1. The first-order chi connectivity index (χ1) is 11.0. The van der Waals surface area contributed by atoms with Crippen LogP contribution in [0.4, 0.5) is 5.82 Å². The molecule has 0 saturated carbocycles. The molecule has 3 N–H and O–H groups in total. The Morgan fingerprint density at radius 2 is 2.30 bits per heavy atom. The normalized spacial score (nSPS) is 37.1. The van der Waals surface area contributed by atoms with E-state index in [1.165, 1.54) is 13.4 Å². The molecular formula is C11H14BN5O5P+. The topological polar surface area (TPSA) is 127 Å². The number of nitrogens with two attached hydrogens (primary N) is 1. The highest BCUT2D eigenvalue weighted by molar-refractivity contribution is 7.85. The third-order valence-corrected chi connectivity index (χ3v) is 4.98. The lowest BCUT2D eigenvalue weighted by Crippen LogP contribution is -2.41. The smallest absolute Gasteiger partial charge is 0.382 e. The average molecular weight is 338 g/mol. The highest BCUT2D eigenvalue weighted by atomic mass is 31.2. The molecule has 2 aromatic rings. The van der Waals surface area contributed by atoms with Crippen molar-refractivity contribution in [1.82, 2.24) is 19.5 Å². The largest absolute Gasteiger partial charge is 0.488 e. The monoisotopic (exact) mass is 338 g/mol. The minimum absolute atomic E-state index is 0.117. The summed E-state index contributed by atoms with van der Waals surface area (Å²) in [7, 11) is 3.76. The van der Waals surface area contributed by atoms with Crippen molar-refractivity contribution >= 4 is 32.4 Å². The van der Waals surface area contributed by atoms with Gasteiger partial charge >= 0.3 is 15.4 Å². The molecule has 0 aromatic carbocycles. The number of hydrogen-bond donors (Lipinski definition) is 2. The summed E-state index contributed by atoms with van der Waals surface area (Å²) >= 11 is 0. The minimum atomic E-state index is -3.35. The lowest BCUT2D eigenvalue weighted by Gasteiger charge is -2.29. The molecule has 0 spiro atoms. The van der Waals surface area contributed by atoms with Gasteiger partial charge in [-0.05, 0) is 0 Å². The van der Waals surface area contributed by atoms with Gasteiger partial charge in [0.1, 0.15) is 30.7 Å². The molecule has 10 nitrogen and oxygen atoms in total. The molecule has 2 aromatic heterocycles. The number of hydrogen-bond acceptors (Lipinski definition) is 9. The second kappa shape index (κ2) is 5.33. The summed E-state index contributed by atoms with van der Waals surface area (Å²) in [6.45, 7) is 0.117. The van der Waals surface area contributed by atoms with E-state index in [-0.39, 0.29) is 12.4 Å². The summed E-state index contributed by atoms with van der Waals surface area (Å²) < 4.78 is 23.7. The Bertz CT molecular complexity index is 745. The van der Waals surface area contributed by atoms with Crippen molar-refractivity contribution in [3.05, 3.63) is 12.7 Å². The van der Waals surface area contributed by atoms with Gasteiger partial charge in [0.25, 0.3) is 0 Å². The van der Waals surface area contributed by atoms with E-state index in [2.05, 4.69) is 15.0 Å². The van der Waals surface area contributed by atoms with Crippen LogP contribution >= 0.6 is 7.82 Å². The number of imidazole rings is 1. The van der Waals surface area contributed by atoms with E-state index in [1.54, 1.807) is 10.9 Å². The van der Waals surface area contributed by atoms with Crippen LogP contribution < -0.4 is 5.73 Å². The predicted molar refractivity (Wildman–Crippen MR) is 80.2 cm³/mol. The van der Waals surface area contributed by atoms with Crippen molar-refractivity contribution in [3.8, 4) is 0 Å². The Balaban J connectivity index is 1.72. The molecular weight excluding hydrogens is 324 g/mol. The van der Waals surface area contributed by atoms with E-state index in [4.69, 9.17) is 31.8 Å². The van der Waals surface area contributed by atoms with Crippen LogP contribution in [0.2, 0.25) is 0 Å². The Morgan fingerprint density at radius 3 is 3.09 bits per heavy atom. The molecule has 1 unspecified atom stereocenters. The van der Waals surface area contributed by atoms with Gasteiger partial charge < -0.3 is 15.2 Å². The maximum atomic E-state index is 9.84. The van der Waals surface area contributed by atoms with Gasteiger partial charge in [-0.1, -0.05) is 0 Å². The molecule has 23 heavy (non-hydrogen) atoms. The van der Waals surface area contributed by atoms with Crippen LogP contribution in [0, 0.1) is 0 Å². The van der Waals surface area contributed by atoms with Gasteiger partial charge in [0.15, 0.2) is 23.8 Å². The highest BCUT2D eigenvalue weighted by Gasteiger charge is 2.57. The van der Waals surface area contributed by atoms with Crippen LogP contribution in [-0.2, 0) is 18.5 Å². The van der Waals surface area contributed by atoms with Crippen molar-refractivity contribution in [2.24, 2.45) is 0 Å². The van der Waals surface area contributed by atoms with Crippen molar-refractivity contribution in [2.45, 2.75) is 24.5 Å². The van der Waals surface area contributed by atoms with Crippen LogP contribution in [0.15, 0.2) is 12.7 Å². The van der Waals surface area contributed by atoms with Gasteiger partial charge in [-0.25, -0.2) is 19.8 Å². The van der Waals surface area contributed by atoms with Gasteiger partial charge in [-0.15, -0.1) is 0 Å². The van der Waals surface area contributed by atoms with Crippen LogP contribution in [0.5, 0.6) is 0 Å². The molecule has 4 rings (SSSR count). The first-order valence-corrected chi connectivity index (χ1v) is 8.49. The fraction of sp³-hybridized carbons (Fsp3) is 0.545. The third-order valence-electron chi connectivity index (χ3n) is 3.92. The molecule has 120 valence electrons. The van der Waals surface area contributed by atoms with E-state index in [1.807, 2.05) is 0 Å². The lowest BCUT2D eigenvalue weighted by molar-refractivity contribution is -0.0617. The minimum Gasteiger partial charge on any atom is -0.382 e. The quantitative estimate of drug-likeness (QED) is 0.554. The number of ether oxygens (including phenoxy) is 2. The summed E-state index contributed by atoms with van der Waals surface area (Å²) in [6.07, 6.45) is 0.824. The summed E-state index contributed by atoms with van der Waals surface area (Å²) in [6, 6.07) is 0. The zero-order chi connectivity index (χ0) is 16.2. The summed E-state index contributed by atoms with van der Waals surface area (Å²) in [4.78, 5) is 22.2. The maximum absolute atomic E-state index is 9.84. The number of aromatic nitrogens is 4. The Kier molecular flexibility index (Phi) is 3.52. The third kappa shape index (κ3) is 2.40. The number of nitrogens with zero attached hydrogens (tertiary/aromatic N) is 4. The van der Waals surface area contributed by atoms with Gasteiger partial charge in [0.2, 0.25) is 0 Å². The number of nitrogen functional groups attached to an aromatic ring is 1. The van der Waals surface area contributed by atoms with Crippen molar-refractivity contribution in [1.29, 1.82) is 0 Å². The zero-order valence-corrected chi connectivity index (χ0v) is 13.0. The van der Waals surface area contributed by atoms with Crippen LogP contribution in [-0.4, -0.2) is 64.0 Å². The SMILES string of the molecule is [B][P+]1(O)OC[C@H]2O[C@@H](n3cnc4c(N)ncnc43)[C@@H](OC)[C@H]2O1. The number of fused-ring (bicyclic) bond motifs is 2. The van der Waals surface area contributed by atoms with Gasteiger partial charge in [-0.2, -0.15) is 9.05 Å². The Morgan fingerprint density at radius 1 is 1.48 bits per heavy atom. The zero-order valence-electron chi connectivity index (χ0n) is 12.1. The van der Waals surface area contributed by atoms with Crippen molar-refractivity contribution in [2.75, 3.05) is 19.5 Å². The van der Waals surface area contributed by atoms with Crippen molar-refractivity contribution in [3.63, 3.8) is 0 Å². The maximum Gasteiger partial charge on any atom is 0.488 e. The van der Waals surface area contributed by atoms with Crippen LogP contribution in [0.3, 0.4) is 0 Å². The second-order valence-corrected chi connectivity index (χ2v) is 6.88. The van der Waals surface area contributed by atoms with Crippen LogP contribution in [0.1, 0.15) is 6.23 Å². The molecule has 2 aliphatic heterocycles. The highest BCUT2D eigenvalue weighted by Crippen LogP contribution is 2.58. The van der Waals surface area contributed by atoms with Gasteiger partial charge in [-0.3, -0.25) is 4.57 Å². The van der Waals surface area contributed by atoms with Crippen molar-refractivity contribution < 1.29 is 23.4 Å². The molecule has 2 aliphatic rings. The molecule has 0 bridgehead atoms. The van der Waals surface area contributed by atoms with Crippen LogP contribution in [0.25, 0.3) is 11.2 Å². The van der Waals surface area contributed by atoms with E-state index in [0.717, 1.165) is 0 Å². The number of rotatable bonds is 2. The fourth-order valence-electron chi connectivity index (χ4n) is 2.89. The molecule has 5 atom stereocenters. The average Bonchev–Trinajstić information content (AvgIpc) is 3.07. The standard InChI is InChI=1S/C11H14BN5O5P/c1-19-8-7-5(2-20-23(12,18)22-7)21-11(8)17-4-16-6-9(13)14-3-15-10(6)17/h3-5,7-8,11,18H,2H2,1H3,(H2,13,14,15)/q+1/t5-,7+,8+,11-,23?/m1/s1. The van der Waals surface area contributed by atoms with Gasteiger partial charge in [0.05, 0.1) is 6.33 Å². The summed E-state index contributed by atoms with van der Waals surface area (Å²) in [5, 5.41) is 0. The predicted octanol–water partition coefficient (Wildman–Crippen LogP) is -0.425. The lowest BCUT2D eigenvalue weighted by atomic mass is 10.1. The van der Waals surface area contributed by atoms with Gasteiger partial charge in [0, 0.05) is 7.11 Å². The molecule has 2 saturated heterocycles. The Hall–Kier alpha value is -1.36. The van der Waals surface area contributed by atoms with E-state index in [0.29, 0.717) is 11.2 Å².